The van der Waals surface area contributed by atoms with E-state index in [1.807, 2.05) is 6.07 Å². The summed E-state index contributed by atoms with van der Waals surface area (Å²) in [5, 5.41) is 31.6. The van der Waals surface area contributed by atoms with Gasteiger partial charge in [-0.1, -0.05) is 0 Å². The maximum absolute atomic E-state index is 13.3. The maximum atomic E-state index is 13.3. The number of sulfonamides is 1. The smallest absolute Gasteiger partial charge is 0.281 e. The number of nitrogens with zero attached hydrogens (tertiary/aromatic N) is 7. The molecule has 176 valence electrons. The number of anilines is 1. The number of nitro benzene ring substituents is 1. The molecule has 0 spiro atoms. The van der Waals surface area contributed by atoms with Crippen LogP contribution >= 0.6 is 0 Å². The average Bonchev–Trinajstić information content (AvgIpc) is 3.28. The number of rotatable bonds is 8. The van der Waals surface area contributed by atoms with Gasteiger partial charge in [0, 0.05) is 49.9 Å². The third-order valence-electron chi connectivity index (χ3n) is 5.07. The Morgan fingerprint density at radius 2 is 2.03 bits per heavy atom. The lowest BCUT2D eigenvalue weighted by Gasteiger charge is -2.17. The summed E-state index contributed by atoms with van der Waals surface area (Å²) >= 11 is 0. The van der Waals surface area contributed by atoms with E-state index < -0.39 is 14.9 Å². The molecule has 3 heterocycles. The number of aromatic nitrogens is 3. The first-order valence-corrected chi connectivity index (χ1v) is 11.6. The molecule has 1 N–H and O–H groups in total. The van der Waals surface area contributed by atoms with Gasteiger partial charge in [-0.05, 0) is 35.9 Å². The lowest BCUT2D eigenvalue weighted by molar-refractivity contribution is -0.385. The van der Waals surface area contributed by atoms with Gasteiger partial charge in [-0.3, -0.25) is 15.1 Å². The monoisotopic (exact) mass is 490 g/mol. The lowest BCUT2D eigenvalue weighted by atomic mass is 10.2. The quantitative estimate of drug-likeness (QED) is 0.224. The molecule has 0 aliphatic rings. The Labute approximate surface area is 200 Å². The van der Waals surface area contributed by atoms with E-state index in [2.05, 4.69) is 20.5 Å². The summed E-state index contributed by atoms with van der Waals surface area (Å²) in [7, 11) is -3.05. The number of nitro groups is 1. The second-order valence-electron chi connectivity index (χ2n) is 7.29. The van der Waals surface area contributed by atoms with Gasteiger partial charge in [0.25, 0.3) is 15.7 Å². The van der Waals surface area contributed by atoms with Crippen molar-refractivity contribution in [3.05, 3.63) is 94.1 Å². The van der Waals surface area contributed by atoms with E-state index in [-0.39, 0.29) is 22.8 Å². The largest absolute Gasteiger partial charge is 0.380 e. The number of hydrogen-bond acceptors (Lipinski definition) is 9. The van der Waals surface area contributed by atoms with Crippen molar-refractivity contribution in [3.63, 3.8) is 0 Å². The molecule has 0 atom stereocenters. The predicted molar refractivity (Wildman–Crippen MR) is 127 cm³/mol. The number of nitriles is 1. The van der Waals surface area contributed by atoms with Crippen LogP contribution in [0.25, 0.3) is 5.52 Å². The van der Waals surface area contributed by atoms with Crippen molar-refractivity contribution in [3.8, 4) is 6.07 Å². The minimum Gasteiger partial charge on any atom is -0.380 e. The first-order valence-electron chi connectivity index (χ1n) is 10.1. The molecule has 0 fully saturated rings. The van der Waals surface area contributed by atoms with Crippen LogP contribution in [0, 0.1) is 21.4 Å². The van der Waals surface area contributed by atoms with Crippen molar-refractivity contribution >= 4 is 33.1 Å². The molecule has 0 saturated carbocycles. The van der Waals surface area contributed by atoms with Crippen molar-refractivity contribution in [2.75, 3.05) is 12.4 Å². The predicted octanol–water partition coefficient (Wildman–Crippen LogP) is 2.78. The Bertz CT molecular complexity index is 1580. The molecule has 13 heteroatoms. The molecule has 4 aromatic rings. The van der Waals surface area contributed by atoms with E-state index in [0.717, 1.165) is 16.0 Å². The molecular formula is C22H18N8O4S. The molecule has 0 aliphatic carbocycles. The third kappa shape index (κ3) is 4.92. The van der Waals surface area contributed by atoms with Crippen LogP contribution in [-0.2, 0) is 16.6 Å². The molecule has 4 rings (SSSR count). The summed E-state index contributed by atoms with van der Waals surface area (Å²) < 4.78 is 28.9. The fourth-order valence-corrected chi connectivity index (χ4v) is 4.34. The molecule has 0 radical (unpaired) electrons. The maximum Gasteiger partial charge on any atom is 0.281 e. The fourth-order valence-electron chi connectivity index (χ4n) is 3.20. The average molecular weight is 491 g/mol. The van der Waals surface area contributed by atoms with Crippen LogP contribution in [-0.4, -0.2) is 45.6 Å². The van der Waals surface area contributed by atoms with Crippen LogP contribution in [0.5, 0.6) is 0 Å². The Kier molecular flexibility index (Phi) is 6.38. The first kappa shape index (κ1) is 23.3. The molecule has 0 unspecified atom stereocenters. The van der Waals surface area contributed by atoms with Gasteiger partial charge in [0.1, 0.15) is 4.90 Å². The molecule has 0 saturated heterocycles. The topological polar surface area (TPSA) is 159 Å². The zero-order valence-electron chi connectivity index (χ0n) is 18.3. The minimum absolute atomic E-state index is 0.184. The van der Waals surface area contributed by atoms with E-state index >= 15 is 0 Å². The number of non-ortho nitro benzene ring substituents is 1. The summed E-state index contributed by atoms with van der Waals surface area (Å²) in [6, 6.07) is 12.3. The summed E-state index contributed by atoms with van der Waals surface area (Å²) in [6.07, 6.45) is 7.59. The number of hydrogen-bond donors (Lipinski definition) is 1. The van der Waals surface area contributed by atoms with Gasteiger partial charge < -0.3 is 5.32 Å². The fraction of sp³-hybridized carbons (Fsp3) is 0.0909. The van der Waals surface area contributed by atoms with Gasteiger partial charge in [0.05, 0.1) is 40.2 Å². The summed E-state index contributed by atoms with van der Waals surface area (Å²) in [6.45, 7) is 0.277. The van der Waals surface area contributed by atoms with Crippen LogP contribution in [0.3, 0.4) is 0 Å². The van der Waals surface area contributed by atoms with Crippen molar-refractivity contribution in [1.82, 2.24) is 19.0 Å². The number of benzene rings is 1. The van der Waals surface area contributed by atoms with E-state index in [1.54, 1.807) is 42.9 Å². The molecule has 0 amide bonds. The number of hydrazone groups is 1. The van der Waals surface area contributed by atoms with Gasteiger partial charge in [-0.15, -0.1) is 0 Å². The molecule has 0 bridgehead atoms. The van der Waals surface area contributed by atoms with Crippen molar-refractivity contribution in [1.29, 1.82) is 5.26 Å². The van der Waals surface area contributed by atoms with Crippen molar-refractivity contribution < 1.29 is 13.3 Å². The Hall–Kier alpha value is -4.83. The van der Waals surface area contributed by atoms with E-state index in [1.165, 1.54) is 36.1 Å². The summed E-state index contributed by atoms with van der Waals surface area (Å²) in [5.74, 6) is 0. The second-order valence-corrected chi connectivity index (χ2v) is 9.21. The normalized spacial score (nSPS) is 11.4. The van der Waals surface area contributed by atoms with Crippen LogP contribution in [0.2, 0.25) is 0 Å². The van der Waals surface area contributed by atoms with Crippen LogP contribution in [0.15, 0.2) is 77.2 Å². The zero-order valence-corrected chi connectivity index (χ0v) is 19.1. The number of nitrogens with one attached hydrogen (secondary N) is 1. The highest BCUT2D eigenvalue weighted by atomic mass is 32.2. The number of pyridine rings is 2. The summed E-state index contributed by atoms with van der Waals surface area (Å²) in [5.41, 5.74) is 2.12. The standard InChI is InChI=1S/C22H18N8O4S/c1-28(26-14-18-15-27-29-9-6-17(12-23)10-21(18)29)35(33,34)22-11-19(30(31)32)2-3-20(22)25-13-16-4-7-24-8-5-16/h2-11,14-15,25H,13H2,1H3. The van der Waals surface area contributed by atoms with Gasteiger partial charge in [0.2, 0.25) is 0 Å². The zero-order chi connectivity index (χ0) is 25.0. The Balaban J connectivity index is 1.66. The minimum atomic E-state index is -4.27. The van der Waals surface area contributed by atoms with Gasteiger partial charge in [-0.2, -0.15) is 28.3 Å². The van der Waals surface area contributed by atoms with Crippen LogP contribution < -0.4 is 5.32 Å². The number of fused-ring (bicyclic) bond motifs is 1. The highest BCUT2D eigenvalue weighted by Gasteiger charge is 2.26. The van der Waals surface area contributed by atoms with Crippen LogP contribution in [0.1, 0.15) is 16.7 Å². The second kappa shape index (κ2) is 9.57. The Morgan fingerprint density at radius 3 is 2.74 bits per heavy atom. The van der Waals surface area contributed by atoms with Crippen LogP contribution in [0.4, 0.5) is 11.4 Å². The highest BCUT2D eigenvalue weighted by molar-refractivity contribution is 7.89. The molecule has 3 aromatic heterocycles. The molecule has 35 heavy (non-hydrogen) atoms. The molecular weight excluding hydrogens is 472 g/mol. The van der Waals surface area contributed by atoms with Gasteiger partial charge >= 0.3 is 0 Å². The molecule has 12 nitrogen and oxygen atoms in total. The van der Waals surface area contributed by atoms with Crippen molar-refractivity contribution in [2.45, 2.75) is 11.4 Å². The first-order chi connectivity index (χ1) is 16.8. The molecule has 0 aliphatic heterocycles. The lowest BCUT2D eigenvalue weighted by Crippen LogP contribution is -2.23. The third-order valence-corrected chi connectivity index (χ3v) is 6.76. The SMILES string of the molecule is CN(N=Cc1cnn2ccc(C#N)cc12)S(=O)(=O)c1cc([N+](=O)[O-])ccc1NCc1ccncc1. The highest BCUT2D eigenvalue weighted by Crippen LogP contribution is 2.29. The Morgan fingerprint density at radius 1 is 1.26 bits per heavy atom. The molecule has 1 aromatic carbocycles. The van der Waals surface area contributed by atoms with Gasteiger partial charge in [0.15, 0.2) is 0 Å². The van der Waals surface area contributed by atoms with E-state index in [9.17, 15) is 18.5 Å². The van der Waals surface area contributed by atoms with E-state index in [4.69, 9.17) is 5.26 Å². The van der Waals surface area contributed by atoms with Crippen molar-refractivity contribution in [2.24, 2.45) is 5.10 Å². The van der Waals surface area contributed by atoms with E-state index in [0.29, 0.717) is 16.6 Å². The van der Waals surface area contributed by atoms with Gasteiger partial charge in [-0.25, -0.2) is 4.52 Å². The summed E-state index contributed by atoms with van der Waals surface area (Å²) in [4.78, 5) is 14.3.